The second kappa shape index (κ2) is 9.42. The average Bonchev–Trinajstić information content (AvgIpc) is 3.61. The van der Waals surface area contributed by atoms with E-state index in [1.165, 1.54) is 6.42 Å². The fourth-order valence-corrected chi connectivity index (χ4v) is 3.99. The van der Waals surface area contributed by atoms with E-state index in [0.717, 1.165) is 78.0 Å². The minimum atomic E-state index is 0.343. The highest BCUT2D eigenvalue weighted by molar-refractivity contribution is 5.67. The quantitative estimate of drug-likeness (QED) is 0.318. The molecule has 0 bridgehead atoms. The van der Waals surface area contributed by atoms with Gasteiger partial charge in [-0.25, -0.2) is 9.97 Å². The van der Waals surface area contributed by atoms with Gasteiger partial charge in [-0.3, -0.25) is 0 Å². The first-order valence-electron chi connectivity index (χ1n) is 11.3. The molecule has 0 unspecified atom stereocenters. The molecule has 1 saturated heterocycles. The van der Waals surface area contributed by atoms with Crippen LogP contribution in [0.2, 0.25) is 0 Å². The van der Waals surface area contributed by atoms with Crippen LogP contribution in [0.25, 0.3) is 33.9 Å². The van der Waals surface area contributed by atoms with Crippen LogP contribution in [-0.2, 0) is 6.54 Å². The molecule has 4 heterocycles. The molecule has 8 heteroatoms. The lowest BCUT2D eigenvalue weighted by Crippen LogP contribution is -2.14. The van der Waals surface area contributed by atoms with Gasteiger partial charge in [0, 0.05) is 5.56 Å². The first-order valence-corrected chi connectivity index (χ1v) is 11.3. The van der Waals surface area contributed by atoms with Crippen molar-refractivity contribution >= 4 is 0 Å². The third-order valence-electron chi connectivity index (χ3n) is 5.77. The lowest BCUT2D eigenvalue weighted by atomic mass is 10.1. The summed E-state index contributed by atoms with van der Waals surface area (Å²) in [5.41, 5.74) is 5.66. The fraction of sp³-hybridized carbons (Fsp3) is 0.333. The molecule has 1 fully saturated rings. The number of imidazole rings is 2. The van der Waals surface area contributed by atoms with Gasteiger partial charge in [0.25, 0.3) is 0 Å². The highest BCUT2D eigenvalue weighted by atomic mass is 15.1. The van der Waals surface area contributed by atoms with Crippen molar-refractivity contribution in [2.24, 2.45) is 0 Å². The van der Waals surface area contributed by atoms with Crippen LogP contribution >= 0.6 is 0 Å². The molecule has 0 saturated carbocycles. The summed E-state index contributed by atoms with van der Waals surface area (Å²) >= 11 is 0. The monoisotopic (exact) mass is 428 g/mol. The molecule has 3 aromatic heterocycles. The SMILES string of the molecule is CCCNCc1ncc(-c2ccc(-c3ccc(-c4cnc([C@@H]5CCCN5)[nH]4)cc3)nn2)[nH]1. The predicted octanol–water partition coefficient (Wildman–Crippen LogP) is 3.85. The molecule has 8 nitrogen and oxygen atoms in total. The Morgan fingerprint density at radius 1 is 0.906 bits per heavy atom. The van der Waals surface area contributed by atoms with E-state index in [4.69, 9.17) is 0 Å². The number of H-pyrrole nitrogens is 2. The summed E-state index contributed by atoms with van der Waals surface area (Å²) in [7, 11) is 0. The van der Waals surface area contributed by atoms with E-state index >= 15 is 0 Å². The lowest BCUT2D eigenvalue weighted by molar-refractivity contribution is 0.613. The van der Waals surface area contributed by atoms with Gasteiger partial charge in [-0.2, -0.15) is 0 Å². The molecule has 0 radical (unpaired) electrons. The van der Waals surface area contributed by atoms with Crippen LogP contribution in [0.3, 0.4) is 0 Å². The van der Waals surface area contributed by atoms with Crippen molar-refractivity contribution in [2.45, 2.75) is 38.8 Å². The second-order valence-corrected chi connectivity index (χ2v) is 8.13. The Morgan fingerprint density at radius 2 is 1.69 bits per heavy atom. The molecule has 1 aromatic carbocycles. The fourth-order valence-electron chi connectivity index (χ4n) is 3.99. The van der Waals surface area contributed by atoms with Crippen LogP contribution in [0.15, 0.2) is 48.8 Å². The highest BCUT2D eigenvalue weighted by Crippen LogP contribution is 2.26. The Hall–Kier alpha value is -3.36. The minimum absolute atomic E-state index is 0.343. The number of aromatic nitrogens is 6. The molecule has 0 aliphatic carbocycles. The first-order chi connectivity index (χ1) is 15.8. The van der Waals surface area contributed by atoms with Gasteiger partial charge in [-0.15, -0.1) is 10.2 Å². The molecule has 1 atom stereocenters. The van der Waals surface area contributed by atoms with Gasteiger partial charge in [0.1, 0.15) is 17.3 Å². The largest absolute Gasteiger partial charge is 0.341 e. The molecule has 4 aromatic rings. The topological polar surface area (TPSA) is 107 Å². The van der Waals surface area contributed by atoms with E-state index in [1.807, 2.05) is 18.3 Å². The molecule has 5 rings (SSSR count). The highest BCUT2D eigenvalue weighted by Gasteiger charge is 2.19. The third kappa shape index (κ3) is 4.46. The Labute approximate surface area is 187 Å². The minimum Gasteiger partial charge on any atom is -0.341 e. The number of hydrogen-bond donors (Lipinski definition) is 4. The average molecular weight is 429 g/mol. The Bertz CT molecular complexity index is 1140. The zero-order valence-corrected chi connectivity index (χ0v) is 18.2. The van der Waals surface area contributed by atoms with Crippen LogP contribution in [0.5, 0.6) is 0 Å². The summed E-state index contributed by atoms with van der Waals surface area (Å²) in [6, 6.07) is 12.6. The second-order valence-electron chi connectivity index (χ2n) is 8.13. The van der Waals surface area contributed by atoms with E-state index < -0.39 is 0 Å². The van der Waals surface area contributed by atoms with E-state index in [-0.39, 0.29) is 0 Å². The number of aromatic amines is 2. The normalized spacial score (nSPS) is 16.0. The Kier molecular flexibility index (Phi) is 6.04. The van der Waals surface area contributed by atoms with Crippen molar-refractivity contribution in [3.05, 3.63) is 60.4 Å². The number of nitrogens with zero attached hydrogens (tertiary/aromatic N) is 4. The van der Waals surface area contributed by atoms with Crippen molar-refractivity contribution in [1.82, 2.24) is 40.8 Å². The van der Waals surface area contributed by atoms with Gasteiger partial charge < -0.3 is 20.6 Å². The van der Waals surface area contributed by atoms with Crippen LogP contribution in [-0.4, -0.2) is 43.2 Å². The summed E-state index contributed by atoms with van der Waals surface area (Å²) in [5.74, 6) is 1.92. The van der Waals surface area contributed by atoms with Crippen LogP contribution in [0, 0.1) is 0 Å². The first kappa shape index (κ1) is 20.5. The standard InChI is InChI=1S/C24H28N8/c1-2-11-25-15-23-27-14-22(29-23)19-10-9-18(31-32-19)16-5-7-17(8-6-16)21-13-28-24(30-21)20-4-3-12-26-20/h5-10,13-14,20,25-26H,2-4,11-12,15H2,1H3,(H,27,29)(H,28,30)/t20-/m0/s1. The van der Waals surface area contributed by atoms with Crippen molar-refractivity contribution < 1.29 is 0 Å². The van der Waals surface area contributed by atoms with Crippen molar-refractivity contribution in [1.29, 1.82) is 0 Å². The van der Waals surface area contributed by atoms with Gasteiger partial charge in [-0.05, 0) is 50.0 Å². The van der Waals surface area contributed by atoms with Gasteiger partial charge in [-0.1, -0.05) is 31.2 Å². The van der Waals surface area contributed by atoms with Crippen LogP contribution < -0.4 is 10.6 Å². The summed E-state index contributed by atoms with van der Waals surface area (Å²) in [4.78, 5) is 15.7. The summed E-state index contributed by atoms with van der Waals surface area (Å²) < 4.78 is 0. The van der Waals surface area contributed by atoms with E-state index in [9.17, 15) is 0 Å². The molecule has 0 spiro atoms. The molecular formula is C24H28N8. The van der Waals surface area contributed by atoms with Gasteiger partial charge in [0.05, 0.1) is 42.1 Å². The molecule has 4 N–H and O–H groups in total. The molecule has 164 valence electrons. The van der Waals surface area contributed by atoms with E-state index in [0.29, 0.717) is 6.04 Å². The molecule has 1 aliphatic heterocycles. The van der Waals surface area contributed by atoms with Crippen molar-refractivity contribution in [3.8, 4) is 33.9 Å². The number of nitrogens with one attached hydrogen (secondary N) is 4. The van der Waals surface area contributed by atoms with Gasteiger partial charge in [0.15, 0.2) is 0 Å². The summed E-state index contributed by atoms with van der Waals surface area (Å²) in [5, 5.41) is 15.6. The predicted molar refractivity (Wildman–Crippen MR) is 125 cm³/mol. The molecule has 1 aliphatic rings. The zero-order chi connectivity index (χ0) is 21.8. The van der Waals surface area contributed by atoms with Crippen molar-refractivity contribution in [2.75, 3.05) is 13.1 Å². The smallest absolute Gasteiger partial charge is 0.123 e. The van der Waals surface area contributed by atoms with Crippen LogP contribution in [0.1, 0.15) is 43.9 Å². The zero-order valence-electron chi connectivity index (χ0n) is 18.2. The number of benzene rings is 1. The molecular weight excluding hydrogens is 400 g/mol. The van der Waals surface area contributed by atoms with Gasteiger partial charge >= 0.3 is 0 Å². The summed E-state index contributed by atoms with van der Waals surface area (Å²) in [6.07, 6.45) is 7.15. The van der Waals surface area contributed by atoms with Crippen molar-refractivity contribution in [3.63, 3.8) is 0 Å². The maximum absolute atomic E-state index is 4.56. The summed E-state index contributed by atoms with van der Waals surface area (Å²) in [6.45, 7) is 4.91. The molecule has 32 heavy (non-hydrogen) atoms. The number of rotatable bonds is 8. The Morgan fingerprint density at radius 3 is 2.44 bits per heavy atom. The lowest BCUT2D eigenvalue weighted by Gasteiger charge is -2.06. The van der Waals surface area contributed by atoms with Gasteiger partial charge in [0.2, 0.25) is 0 Å². The molecule has 0 amide bonds. The maximum Gasteiger partial charge on any atom is 0.123 e. The third-order valence-corrected chi connectivity index (χ3v) is 5.77. The van der Waals surface area contributed by atoms with E-state index in [1.54, 1.807) is 6.20 Å². The van der Waals surface area contributed by atoms with Crippen LogP contribution in [0.4, 0.5) is 0 Å². The van der Waals surface area contributed by atoms with E-state index in [2.05, 4.69) is 72.0 Å². The Balaban J connectivity index is 1.26. The number of hydrogen-bond acceptors (Lipinski definition) is 6. The maximum atomic E-state index is 4.56.